The molecular weight excluding hydrogens is 276 g/mol. The molecule has 1 amide bonds. The quantitative estimate of drug-likeness (QED) is 0.587. The molecule has 1 aliphatic rings. The predicted molar refractivity (Wildman–Crippen MR) is 75.8 cm³/mol. The Morgan fingerprint density at radius 1 is 1.19 bits per heavy atom. The van der Waals surface area contributed by atoms with Crippen molar-refractivity contribution in [1.82, 2.24) is 10.2 Å². The zero-order valence-electron chi connectivity index (χ0n) is 12.5. The molecule has 0 aromatic rings. The molecule has 1 fully saturated rings. The van der Waals surface area contributed by atoms with Gasteiger partial charge in [0.15, 0.2) is 0 Å². The zero-order chi connectivity index (χ0) is 16.0. The monoisotopic (exact) mass is 300 g/mol. The van der Waals surface area contributed by atoms with Crippen LogP contribution in [0, 0.1) is 11.8 Å². The lowest BCUT2D eigenvalue weighted by atomic mass is 9.85. The molecule has 0 aromatic heterocycles. The number of nitrogens with one attached hydrogen (secondary N) is 1. The maximum absolute atomic E-state index is 12.0. The summed E-state index contributed by atoms with van der Waals surface area (Å²) in [5.41, 5.74) is 0. The molecule has 2 atom stereocenters. The molecule has 0 aliphatic carbocycles. The van der Waals surface area contributed by atoms with E-state index in [1.807, 2.05) is 13.8 Å². The van der Waals surface area contributed by atoms with E-state index in [4.69, 9.17) is 10.2 Å². The summed E-state index contributed by atoms with van der Waals surface area (Å²) in [6.07, 6.45) is 1.24. The van der Waals surface area contributed by atoms with Gasteiger partial charge >= 0.3 is 11.9 Å². The van der Waals surface area contributed by atoms with E-state index in [0.29, 0.717) is 25.4 Å². The topological polar surface area (TPSA) is 107 Å². The highest BCUT2D eigenvalue weighted by Crippen LogP contribution is 2.25. The third-order valence-electron chi connectivity index (χ3n) is 3.72. The molecule has 0 radical (unpaired) electrons. The summed E-state index contributed by atoms with van der Waals surface area (Å²) in [6.45, 7) is 5.09. The number of hydrogen-bond acceptors (Lipinski definition) is 4. The largest absolute Gasteiger partial charge is 0.481 e. The van der Waals surface area contributed by atoms with Crippen LogP contribution >= 0.6 is 0 Å². The van der Waals surface area contributed by atoms with Gasteiger partial charge in [0.25, 0.3) is 0 Å². The van der Waals surface area contributed by atoms with Gasteiger partial charge in [0.1, 0.15) is 0 Å². The van der Waals surface area contributed by atoms with E-state index in [2.05, 4.69) is 5.32 Å². The maximum Gasteiger partial charge on any atom is 0.309 e. The van der Waals surface area contributed by atoms with Gasteiger partial charge in [-0.25, -0.2) is 0 Å². The van der Waals surface area contributed by atoms with Crippen LogP contribution in [0.25, 0.3) is 0 Å². The second-order valence-corrected chi connectivity index (χ2v) is 5.73. The molecule has 7 nitrogen and oxygen atoms in total. The van der Waals surface area contributed by atoms with Gasteiger partial charge in [0, 0.05) is 25.6 Å². The van der Waals surface area contributed by atoms with E-state index in [1.165, 1.54) is 4.90 Å². The lowest BCUT2D eigenvalue weighted by molar-refractivity contribution is -0.159. The summed E-state index contributed by atoms with van der Waals surface area (Å²) < 4.78 is 0. The van der Waals surface area contributed by atoms with Crippen LogP contribution in [0.15, 0.2) is 0 Å². The number of carbonyl (C=O) groups excluding carboxylic acids is 1. The Morgan fingerprint density at radius 2 is 1.81 bits per heavy atom. The molecule has 2 unspecified atom stereocenters. The lowest BCUT2D eigenvalue weighted by Crippen LogP contribution is -2.48. The van der Waals surface area contributed by atoms with E-state index in [9.17, 15) is 14.4 Å². The van der Waals surface area contributed by atoms with Crippen molar-refractivity contribution >= 4 is 17.8 Å². The van der Waals surface area contributed by atoms with E-state index in [1.54, 1.807) is 0 Å². The standard InChI is InChI=1S/C14H24N2O5/c1-9(2)15-6-3-4-12(17)16-7-5-10(13(18)19)11(8-16)14(20)21/h9-11,15H,3-8H2,1-2H3,(H,18,19)(H,20,21). The molecule has 21 heavy (non-hydrogen) atoms. The second-order valence-electron chi connectivity index (χ2n) is 5.73. The Kier molecular flexibility index (Phi) is 6.61. The molecule has 120 valence electrons. The van der Waals surface area contributed by atoms with Crippen LogP contribution in [0.2, 0.25) is 0 Å². The van der Waals surface area contributed by atoms with Gasteiger partial charge in [-0.15, -0.1) is 0 Å². The van der Waals surface area contributed by atoms with E-state index < -0.39 is 23.8 Å². The SMILES string of the molecule is CC(C)NCCCC(=O)N1CCC(C(=O)O)C(C(=O)O)C1. The number of nitrogens with zero attached hydrogens (tertiary/aromatic N) is 1. The fraction of sp³-hybridized carbons (Fsp3) is 0.786. The van der Waals surface area contributed by atoms with Crippen molar-refractivity contribution in [3.05, 3.63) is 0 Å². The molecule has 1 rings (SSSR count). The lowest BCUT2D eigenvalue weighted by Gasteiger charge is -2.34. The highest BCUT2D eigenvalue weighted by molar-refractivity contribution is 5.82. The normalized spacial score (nSPS) is 22.3. The van der Waals surface area contributed by atoms with Gasteiger partial charge in [-0.1, -0.05) is 13.8 Å². The van der Waals surface area contributed by atoms with Crippen molar-refractivity contribution in [2.45, 2.75) is 39.2 Å². The number of piperidine rings is 1. The summed E-state index contributed by atoms with van der Waals surface area (Å²) in [7, 11) is 0. The molecule has 7 heteroatoms. The first-order valence-electron chi connectivity index (χ1n) is 7.29. The van der Waals surface area contributed by atoms with Crippen LogP contribution in [0.3, 0.4) is 0 Å². The molecule has 0 saturated carbocycles. The first-order valence-corrected chi connectivity index (χ1v) is 7.29. The van der Waals surface area contributed by atoms with Crippen molar-refractivity contribution in [1.29, 1.82) is 0 Å². The van der Waals surface area contributed by atoms with Crippen molar-refractivity contribution < 1.29 is 24.6 Å². The molecule has 0 aromatic carbocycles. The first-order chi connectivity index (χ1) is 9.82. The van der Waals surface area contributed by atoms with Crippen LogP contribution < -0.4 is 5.32 Å². The van der Waals surface area contributed by atoms with E-state index >= 15 is 0 Å². The third kappa shape index (κ3) is 5.34. The fourth-order valence-corrected chi connectivity index (χ4v) is 2.51. The summed E-state index contributed by atoms with van der Waals surface area (Å²) in [5, 5.41) is 21.4. The van der Waals surface area contributed by atoms with Gasteiger partial charge in [-0.05, 0) is 19.4 Å². The van der Waals surface area contributed by atoms with Crippen LogP contribution in [0.1, 0.15) is 33.1 Å². The Morgan fingerprint density at radius 3 is 2.33 bits per heavy atom. The number of carboxylic acids is 2. The maximum atomic E-state index is 12.0. The molecule has 1 aliphatic heterocycles. The number of aliphatic carboxylic acids is 2. The molecular formula is C14H24N2O5. The van der Waals surface area contributed by atoms with Crippen molar-refractivity contribution in [3.63, 3.8) is 0 Å². The minimum Gasteiger partial charge on any atom is -0.481 e. The Labute approximate surface area is 124 Å². The molecule has 0 spiro atoms. The van der Waals surface area contributed by atoms with Crippen molar-refractivity contribution in [2.75, 3.05) is 19.6 Å². The smallest absolute Gasteiger partial charge is 0.309 e. The highest BCUT2D eigenvalue weighted by Gasteiger charge is 2.39. The Balaban J connectivity index is 2.48. The number of carboxylic acid groups (broad SMARTS) is 2. The summed E-state index contributed by atoms with van der Waals surface area (Å²) in [4.78, 5) is 35.7. The average Bonchev–Trinajstić information content (AvgIpc) is 2.42. The third-order valence-corrected chi connectivity index (χ3v) is 3.72. The summed E-state index contributed by atoms with van der Waals surface area (Å²) in [5.74, 6) is -4.28. The number of hydrogen-bond donors (Lipinski definition) is 3. The predicted octanol–water partition coefficient (Wildman–Crippen LogP) is 0.399. The average molecular weight is 300 g/mol. The zero-order valence-corrected chi connectivity index (χ0v) is 12.5. The Bertz CT molecular complexity index is 397. The summed E-state index contributed by atoms with van der Waals surface area (Å²) in [6, 6.07) is 0.364. The van der Waals surface area contributed by atoms with Crippen LogP contribution in [0.4, 0.5) is 0 Å². The molecule has 1 saturated heterocycles. The van der Waals surface area contributed by atoms with Gasteiger partial charge in [0.2, 0.25) is 5.91 Å². The Hall–Kier alpha value is -1.63. The van der Waals surface area contributed by atoms with Gasteiger partial charge in [0.05, 0.1) is 11.8 Å². The molecule has 1 heterocycles. The van der Waals surface area contributed by atoms with Crippen LogP contribution in [-0.4, -0.2) is 58.6 Å². The number of likely N-dealkylation sites (tertiary alicyclic amines) is 1. The number of carbonyl (C=O) groups is 3. The van der Waals surface area contributed by atoms with Gasteiger partial charge < -0.3 is 20.4 Å². The molecule has 3 N–H and O–H groups in total. The van der Waals surface area contributed by atoms with Crippen molar-refractivity contribution in [3.8, 4) is 0 Å². The van der Waals surface area contributed by atoms with Crippen LogP contribution in [0.5, 0.6) is 0 Å². The highest BCUT2D eigenvalue weighted by atomic mass is 16.4. The number of rotatable bonds is 7. The first kappa shape index (κ1) is 17.4. The van der Waals surface area contributed by atoms with E-state index in [-0.39, 0.29) is 18.9 Å². The van der Waals surface area contributed by atoms with Gasteiger partial charge in [-0.2, -0.15) is 0 Å². The van der Waals surface area contributed by atoms with E-state index in [0.717, 1.165) is 6.54 Å². The minimum absolute atomic E-state index is 0.0112. The van der Waals surface area contributed by atoms with Crippen molar-refractivity contribution in [2.24, 2.45) is 11.8 Å². The minimum atomic E-state index is -1.15. The fourth-order valence-electron chi connectivity index (χ4n) is 2.51. The number of amides is 1. The second kappa shape index (κ2) is 7.97. The summed E-state index contributed by atoms with van der Waals surface area (Å²) >= 11 is 0. The van der Waals surface area contributed by atoms with Gasteiger partial charge in [-0.3, -0.25) is 14.4 Å². The molecule has 0 bridgehead atoms. The van der Waals surface area contributed by atoms with Crippen LogP contribution in [-0.2, 0) is 14.4 Å².